The first-order valence-electron chi connectivity index (χ1n) is 27.5. The molecule has 80 heavy (non-hydrogen) atoms. The number of nitrogens with one attached hydrogen (secondary N) is 2. The van der Waals surface area contributed by atoms with Gasteiger partial charge in [0.1, 0.15) is 34.7 Å². The summed E-state index contributed by atoms with van der Waals surface area (Å²) < 4.78 is 33.1. The Kier molecular flexibility index (Phi) is 14.6. The molecule has 2 aliphatic carbocycles. The third-order valence-corrected chi connectivity index (χ3v) is 17.4. The van der Waals surface area contributed by atoms with E-state index in [4.69, 9.17) is 19.9 Å². The Balaban J connectivity index is 0.864. The molecule has 0 unspecified atom stereocenters. The lowest BCUT2D eigenvalue weighted by atomic mass is 10.0. The smallest absolute Gasteiger partial charge is 0.229 e. The number of ketones is 1. The Hall–Kier alpha value is -8.05. The number of fused-ring (bicyclic) bond motifs is 2. The van der Waals surface area contributed by atoms with Crippen molar-refractivity contribution in [2.45, 2.75) is 53.4 Å². The molecule has 0 bridgehead atoms. The van der Waals surface area contributed by atoms with Gasteiger partial charge in [0, 0.05) is 101 Å². The molecular weight excluding hydrogens is 1060 g/mol. The second kappa shape index (κ2) is 22.2. The van der Waals surface area contributed by atoms with Gasteiger partial charge in [-0.2, -0.15) is 0 Å². The van der Waals surface area contributed by atoms with E-state index >= 15 is 13.6 Å². The minimum absolute atomic E-state index is 0.0677. The second-order valence-corrected chi connectivity index (χ2v) is 22.4. The molecular formula is C57H60F2N16O3S2. The van der Waals surface area contributed by atoms with Crippen molar-refractivity contribution in [1.29, 1.82) is 0 Å². The summed E-state index contributed by atoms with van der Waals surface area (Å²) >= 11 is 3.08. The quantitative estimate of drug-likeness (QED) is 0.0770. The molecule has 2 amide bonds. The van der Waals surface area contributed by atoms with Crippen LogP contribution in [0.4, 0.5) is 54.2 Å². The minimum atomic E-state index is -0.595. The maximum atomic E-state index is 15.6. The number of aromatic nitrogens is 8. The molecule has 2 aromatic carbocycles. The van der Waals surface area contributed by atoms with E-state index in [9.17, 15) is 9.59 Å². The molecule has 0 spiro atoms. The maximum Gasteiger partial charge on any atom is 0.229 e. The molecule has 0 atom stereocenters. The van der Waals surface area contributed by atoms with Gasteiger partial charge in [-0.15, -0.1) is 0 Å². The number of nitrogens with zero attached hydrogens (tertiary/aromatic N) is 14. The molecule has 12 rings (SSSR count). The first kappa shape index (κ1) is 52.6. The van der Waals surface area contributed by atoms with Crippen LogP contribution in [0.1, 0.15) is 69.3 Å². The van der Waals surface area contributed by atoms with Crippen LogP contribution in [0.5, 0.6) is 0 Å². The zero-order valence-corrected chi connectivity index (χ0v) is 46.6. The highest BCUT2D eigenvalue weighted by Crippen LogP contribution is 2.38. The van der Waals surface area contributed by atoms with Crippen molar-refractivity contribution >= 4 is 106 Å². The van der Waals surface area contributed by atoms with E-state index < -0.39 is 11.6 Å². The number of hydrogen-bond donors (Lipinski definition) is 2. The molecule has 8 heterocycles. The normalized spacial score (nSPS) is 15.7. The number of rotatable bonds is 18. The largest absolute Gasteiger partial charge is 0.352 e. The van der Waals surface area contributed by atoms with Gasteiger partial charge >= 0.3 is 0 Å². The van der Waals surface area contributed by atoms with Gasteiger partial charge in [0.05, 0.1) is 44.0 Å². The van der Waals surface area contributed by atoms with E-state index in [0.29, 0.717) is 97.9 Å². The van der Waals surface area contributed by atoms with Crippen LogP contribution in [0.2, 0.25) is 0 Å². The van der Waals surface area contributed by atoms with Crippen LogP contribution < -0.4 is 30.2 Å². The van der Waals surface area contributed by atoms with Crippen LogP contribution in [-0.4, -0.2) is 146 Å². The number of halogens is 2. The Morgan fingerprint density at radius 1 is 0.537 bits per heavy atom. The Morgan fingerprint density at radius 3 is 1.31 bits per heavy atom. The van der Waals surface area contributed by atoms with E-state index in [0.717, 1.165) is 95.0 Å². The molecule has 23 heteroatoms. The van der Waals surface area contributed by atoms with Gasteiger partial charge in [0.2, 0.25) is 23.7 Å². The van der Waals surface area contributed by atoms with Gasteiger partial charge in [-0.1, -0.05) is 34.8 Å². The number of carbonyl (C=O) groups excluding carboxylic acids is 3. The van der Waals surface area contributed by atoms with Crippen LogP contribution in [-0.2, 0) is 9.59 Å². The molecule has 6 aromatic heterocycles. The van der Waals surface area contributed by atoms with Crippen molar-refractivity contribution in [2.24, 2.45) is 11.8 Å². The van der Waals surface area contributed by atoms with E-state index in [1.807, 2.05) is 43.9 Å². The lowest BCUT2D eigenvalue weighted by Crippen LogP contribution is -2.50. The van der Waals surface area contributed by atoms with Crippen molar-refractivity contribution in [2.75, 3.05) is 109 Å². The highest BCUT2D eigenvalue weighted by molar-refractivity contribution is 7.22. The van der Waals surface area contributed by atoms with Gasteiger partial charge in [-0.3, -0.25) is 14.4 Å². The van der Waals surface area contributed by atoms with Crippen molar-refractivity contribution in [3.63, 3.8) is 0 Å². The van der Waals surface area contributed by atoms with E-state index in [-0.39, 0.29) is 52.7 Å². The van der Waals surface area contributed by atoms with E-state index in [1.54, 1.807) is 59.1 Å². The predicted octanol–water partition coefficient (Wildman–Crippen LogP) is 9.42. The topological polar surface area (TPSA) is 198 Å². The SMILES string of the molecule is CCN(CC)c1nc2ccc(-c3nc(Nc4ccc(C(=O)c5ccc(Nc6ncc(F)c(-c7ccc8nc(N(CC)CC)sc8c7)n6)nc5N5CCN(C(=O)C6CC6)CC5)c(N5CCN(C(=O)C6CC6)CC5)n4)ncc3F)cc2s1. The monoisotopic (exact) mass is 1120 g/mol. The highest BCUT2D eigenvalue weighted by atomic mass is 32.1. The fourth-order valence-corrected chi connectivity index (χ4v) is 12.6. The lowest BCUT2D eigenvalue weighted by Gasteiger charge is -2.37. The molecule has 2 saturated carbocycles. The van der Waals surface area contributed by atoms with Crippen LogP contribution in [0.3, 0.4) is 0 Å². The molecule has 412 valence electrons. The molecule has 4 aliphatic rings. The maximum absolute atomic E-state index is 15.6. The minimum Gasteiger partial charge on any atom is -0.352 e. The highest BCUT2D eigenvalue weighted by Gasteiger charge is 2.37. The number of piperazine rings is 2. The van der Waals surface area contributed by atoms with Crippen LogP contribution in [0, 0.1) is 23.5 Å². The molecule has 8 aromatic rings. The zero-order chi connectivity index (χ0) is 55.2. The lowest BCUT2D eigenvalue weighted by molar-refractivity contribution is -0.133. The summed E-state index contributed by atoms with van der Waals surface area (Å²) in [5, 5.41) is 8.16. The molecule has 0 radical (unpaired) electrons. The van der Waals surface area contributed by atoms with Crippen molar-refractivity contribution < 1.29 is 23.2 Å². The van der Waals surface area contributed by atoms with Gasteiger partial charge in [0.15, 0.2) is 27.7 Å². The average Bonchev–Trinajstić information content (AvgIpc) is 4.51. The number of pyridine rings is 2. The van der Waals surface area contributed by atoms with Gasteiger partial charge in [-0.25, -0.2) is 48.7 Å². The summed E-state index contributed by atoms with van der Waals surface area (Å²) in [4.78, 5) is 91.5. The first-order chi connectivity index (χ1) is 38.9. The first-order valence-corrected chi connectivity index (χ1v) is 29.1. The van der Waals surface area contributed by atoms with Gasteiger partial charge in [-0.05, 0) is 102 Å². The number of hydrogen-bond acceptors (Lipinski definition) is 19. The second-order valence-electron chi connectivity index (χ2n) is 20.4. The molecule has 2 N–H and O–H groups in total. The number of benzene rings is 2. The average molecular weight is 1120 g/mol. The van der Waals surface area contributed by atoms with Gasteiger partial charge < -0.3 is 40.0 Å². The predicted molar refractivity (Wildman–Crippen MR) is 310 cm³/mol. The Morgan fingerprint density at radius 2 is 0.938 bits per heavy atom. The summed E-state index contributed by atoms with van der Waals surface area (Å²) in [5.41, 5.74) is 3.55. The standard InChI is InChI=1S/C57H60F2N16O3S2/c1-5-70(6-2)56-62-41-17-13-35(29-43(41)79-56)47-39(58)31-60-54(68-47)66-45-19-15-37(50(64-45)72-21-25-74(26-22-72)52(77)33-9-10-33)49(76)38-16-20-46(65-51(38)73-23-27-75(28-24-73)53(78)34-11-12-34)67-55-61-32-40(59)48(69-55)36-14-18-42-44(30-36)80-57(63-42)71(7-3)8-4/h13-20,29-34H,5-12,21-28H2,1-4H3,(H,60,64,66,68)(H,61,65,67,69). The van der Waals surface area contributed by atoms with E-state index in [2.05, 4.69) is 68.1 Å². The third kappa shape index (κ3) is 10.7. The number of amides is 2. The number of thiazole rings is 2. The van der Waals surface area contributed by atoms with Crippen molar-refractivity contribution in [3.8, 4) is 22.5 Å². The fraction of sp³-hybridized carbons (Fsp3) is 0.386. The van der Waals surface area contributed by atoms with Crippen LogP contribution >= 0.6 is 22.7 Å². The number of carbonyl (C=O) groups is 3. The molecule has 2 aliphatic heterocycles. The molecule has 2 saturated heterocycles. The van der Waals surface area contributed by atoms with Crippen molar-refractivity contribution in [1.82, 2.24) is 49.7 Å². The van der Waals surface area contributed by atoms with Crippen LogP contribution in [0.15, 0.2) is 73.1 Å². The van der Waals surface area contributed by atoms with E-state index in [1.165, 1.54) is 0 Å². The Labute approximate surface area is 469 Å². The summed E-state index contributed by atoms with van der Waals surface area (Å²) in [7, 11) is 0. The summed E-state index contributed by atoms with van der Waals surface area (Å²) in [6.07, 6.45) is 5.84. The van der Waals surface area contributed by atoms with Crippen LogP contribution in [0.25, 0.3) is 42.9 Å². The Bertz CT molecular complexity index is 3420. The zero-order valence-electron chi connectivity index (χ0n) is 45.0. The summed E-state index contributed by atoms with van der Waals surface area (Å²) in [6, 6.07) is 17.9. The third-order valence-electron chi connectivity index (χ3n) is 15.2. The summed E-state index contributed by atoms with van der Waals surface area (Å²) in [5.74, 6) is 0.483. The molecule has 19 nitrogen and oxygen atoms in total. The van der Waals surface area contributed by atoms with Gasteiger partial charge in [0.25, 0.3) is 0 Å². The number of anilines is 8. The fourth-order valence-electron chi connectivity index (χ4n) is 10.3. The molecule has 4 fully saturated rings. The van der Waals surface area contributed by atoms with Crippen molar-refractivity contribution in [3.05, 3.63) is 95.8 Å². The summed E-state index contributed by atoms with van der Waals surface area (Å²) in [6.45, 7) is 15.1.